The fraction of sp³-hybridized carbons (Fsp3) is 0.667. The second-order valence-electron chi connectivity index (χ2n) is 8.75. The molecule has 3 heterocycles. The summed E-state index contributed by atoms with van der Waals surface area (Å²) in [5.74, 6) is 2.65. The first-order chi connectivity index (χ1) is 14.8. The van der Waals surface area contributed by atoms with Crippen molar-refractivity contribution >= 4 is 15.9 Å². The summed E-state index contributed by atoms with van der Waals surface area (Å²) in [5.41, 5.74) is 0. The normalized spacial score (nSPS) is 22.0. The van der Waals surface area contributed by atoms with Gasteiger partial charge in [0.2, 0.25) is 5.88 Å². The van der Waals surface area contributed by atoms with E-state index in [-0.39, 0.29) is 11.0 Å². The highest BCUT2D eigenvalue weighted by Gasteiger charge is 2.43. The minimum Gasteiger partial charge on any atom is -0.478 e. The van der Waals surface area contributed by atoms with Gasteiger partial charge in [0.05, 0.1) is 17.6 Å². The van der Waals surface area contributed by atoms with Crippen molar-refractivity contribution in [2.45, 2.75) is 50.5 Å². The monoisotopic (exact) mass is 450 g/mol. The smallest absolute Gasteiger partial charge is 0.356 e. The number of piperidine rings is 1. The molecule has 0 N–H and O–H groups in total. The van der Waals surface area contributed by atoms with E-state index in [1.807, 2.05) is 13.8 Å². The summed E-state index contributed by atoms with van der Waals surface area (Å²) in [6, 6.07) is 4.00. The lowest BCUT2D eigenvalue weighted by atomic mass is 9.91. The number of hydrogen-bond donors (Lipinski definition) is 0. The van der Waals surface area contributed by atoms with Gasteiger partial charge >= 0.3 is 12.0 Å². The summed E-state index contributed by atoms with van der Waals surface area (Å²) in [7, 11) is -3.23. The molecule has 2 fully saturated rings. The lowest BCUT2D eigenvalue weighted by Gasteiger charge is -2.30. The van der Waals surface area contributed by atoms with E-state index < -0.39 is 9.84 Å². The summed E-state index contributed by atoms with van der Waals surface area (Å²) < 4.78 is 39.5. The van der Waals surface area contributed by atoms with Crippen LogP contribution in [0.1, 0.15) is 39.5 Å². The molecule has 0 spiro atoms. The molecule has 1 saturated heterocycles. The van der Waals surface area contributed by atoms with E-state index in [1.165, 1.54) is 24.9 Å². The van der Waals surface area contributed by atoms with Gasteiger partial charge in [0.15, 0.2) is 9.84 Å². The van der Waals surface area contributed by atoms with Crippen LogP contribution in [-0.2, 0) is 9.84 Å². The summed E-state index contributed by atoms with van der Waals surface area (Å²) >= 11 is 0. The maximum absolute atomic E-state index is 11.5. The third-order valence-corrected chi connectivity index (χ3v) is 7.10. The van der Waals surface area contributed by atoms with Gasteiger partial charge in [-0.3, -0.25) is 0 Å². The maximum atomic E-state index is 11.5. The molecule has 2 atom stereocenters. The van der Waals surface area contributed by atoms with Crippen LogP contribution in [0.25, 0.3) is 0 Å². The summed E-state index contributed by atoms with van der Waals surface area (Å²) in [5, 5.41) is 3.89. The highest BCUT2D eigenvalue weighted by molar-refractivity contribution is 7.90. The molecule has 170 valence electrons. The Morgan fingerprint density at radius 1 is 1.26 bits per heavy atom. The Morgan fingerprint density at radius 3 is 2.68 bits per heavy atom. The van der Waals surface area contributed by atoms with E-state index in [0.717, 1.165) is 44.2 Å². The van der Waals surface area contributed by atoms with Crippen LogP contribution in [0.3, 0.4) is 0 Å². The van der Waals surface area contributed by atoms with Crippen molar-refractivity contribution in [1.29, 1.82) is 0 Å². The molecular formula is C21H30N4O5S. The zero-order chi connectivity index (χ0) is 22.0. The van der Waals surface area contributed by atoms with Crippen LogP contribution < -0.4 is 14.4 Å². The zero-order valence-electron chi connectivity index (χ0n) is 18.2. The van der Waals surface area contributed by atoms with Crippen LogP contribution >= 0.6 is 0 Å². The second-order valence-corrected chi connectivity index (χ2v) is 10.8. The van der Waals surface area contributed by atoms with Gasteiger partial charge in [-0.1, -0.05) is 0 Å². The number of rotatable bonds is 9. The molecule has 1 aliphatic carbocycles. The Balaban J connectivity index is 1.17. The number of hydrogen-bond acceptors (Lipinski definition) is 9. The third-order valence-electron chi connectivity index (χ3n) is 6.01. The summed E-state index contributed by atoms with van der Waals surface area (Å²) in [6.07, 6.45) is 7.04. The highest BCUT2D eigenvalue weighted by atomic mass is 32.2. The van der Waals surface area contributed by atoms with Crippen molar-refractivity contribution in [1.82, 2.24) is 15.1 Å². The largest absolute Gasteiger partial charge is 0.478 e. The van der Waals surface area contributed by atoms with E-state index in [4.69, 9.17) is 14.0 Å². The lowest BCUT2D eigenvalue weighted by Crippen LogP contribution is -2.34. The molecule has 10 heteroatoms. The minimum atomic E-state index is -3.23. The van der Waals surface area contributed by atoms with Crippen molar-refractivity contribution in [3.05, 3.63) is 18.3 Å². The fourth-order valence-electron chi connectivity index (χ4n) is 4.28. The highest BCUT2D eigenvalue weighted by Crippen LogP contribution is 2.49. The quantitative estimate of drug-likeness (QED) is 0.569. The van der Waals surface area contributed by atoms with Crippen LogP contribution in [0, 0.1) is 17.8 Å². The van der Waals surface area contributed by atoms with Crippen LogP contribution in [0.5, 0.6) is 11.9 Å². The van der Waals surface area contributed by atoms with Crippen molar-refractivity contribution in [2.24, 2.45) is 17.8 Å². The van der Waals surface area contributed by atoms with E-state index in [9.17, 15) is 8.42 Å². The first-order valence-corrected chi connectivity index (χ1v) is 12.7. The fourth-order valence-corrected chi connectivity index (χ4v) is 4.83. The van der Waals surface area contributed by atoms with Gasteiger partial charge in [-0.05, 0) is 68.5 Å². The molecule has 1 aliphatic heterocycles. The molecule has 0 unspecified atom stereocenters. The van der Waals surface area contributed by atoms with Crippen molar-refractivity contribution in [3.63, 3.8) is 0 Å². The molecule has 0 aromatic carbocycles. The van der Waals surface area contributed by atoms with Crippen molar-refractivity contribution in [3.8, 4) is 11.9 Å². The van der Waals surface area contributed by atoms with Gasteiger partial charge in [-0.2, -0.15) is 0 Å². The average molecular weight is 451 g/mol. The van der Waals surface area contributed by atoms with Gasteiger partial charge in [0, 0.05) is 31.6 Å². The average Bonchev–Trinajstić information content (AvgIpc) is 3.35. The van der Waals surface area contributed by atoms with E-state index in [0.29, 0.717) is 30.4 Å². The van der Waals surface area contributed by atoms with Gasteiger partial charge in [-0.25, -0.2) is 13.4 Å². The second kappa shape index (κ2) is 9.02. The SMILES string of the molecule is CC(C)Oc1noc(N2CCC([C@H]3C[C@H]3CCOc3ccc(S(C)(=O)=O)cn3)CC2)n1. The van der Waals surface area contributed by atoms with Gasteiger partial charge in [-0.15, -0.1) is 4.98 Å². The molecule has 31 heavy (non-hydrogen) atoms. The Morgan fingerprint density at radius 2 is 2.03 bits per heavy atom. The van der Waals surface area contributed by atoms with Crippen molar-refractivity contribution in [2.75, 3.05) is 30.9 Å². The van der Waals surface area contributed by atoms with Gasteiger partial charge in [0.25, 0.3) is 0 Å². The first kappa shape index (κ1) is 21.9. The van der Waals surface area contributed by atoms with Gasteiger partial charge < -0.3 is 18.9 Å². The topological polar surface area (TPSA) is 108 Å². The Kier molecular flexibility index (Phi) is 6.36. The number of nitrogens with zero attached hydrogens (tertiary/aromatic N) is 4. The molecule has 2 aromatic rings. The molecule has 0 amide bonds. The molecule has 0 bridgehead atoms. The third kappa shape index (κ3) is 5.66. The number of ether oxygens (including phenoxy) is 2. The Hall–Kier alpha value is -2.36. The zero-order valence-corrected chi connectivity index (χ0v) is 19.0. The molecule has 4 rings (SSSR count). The van der Waals surface area contributed by atoms with E-state index >= 15 is 0 Å². The van der Waals surface area contributed by atoms with Crippen LogP contribution in [0.4, 0.5) is 6.01 Å². The van der Waals surface area contributed by atoms with E-state index in [2.05, 4.69) is 20.0 Å². The van der Waals surface area contributed by atoms with Crippen LogP contribution in [0.2, 0.25) is 0 Å². The predicted octanol–water partition coefficient (Wildman–Crippen LogP) is 2.98. The molecule has 9 nitrogen and oxygen atoms in total. The number of aromatic nitrogens is 3. The van der Waals surface area contributed by atoms with Gasteiger partial charge in [0.1, 0.15) is 0 Å². The number of pyridine rings is 1. The predicted molar refractivity (Wildman–Crippen MR) is 114 cm³/mol. The van der Waals surface area contributed by atoms with Crippen LogP contribution in [-0.4, -0.2) is 55.6 Å². The first-order valence-electron chi connectivity index (χ1n) is 10.8. The summed E-state index contributed by atoms with van der Waals surface area (Å²) in [4.78, 5) is 10.8. The maximum Gasteiger partial charge on any atom is 0.356 e. The standard InChI is InChI=1S/C21H30N4O5S/c1-14(2)29-20-23-21(30-24-20)25-9-6-15(7-10-25)18-12-16(18)8-11-28-19-5-4-17(13-22-19)31(3,26)27/h4-5,13-16,18H,6-12H2,1-3H3/t16-,18-/m1/s1. The van der Waals surface area contributed by atoms with Crippen molar-refractivity contribution < 1.29 is 22.4 Å². The summed E-state index contributed by atoms with van der Waals surface area (Å²) in [6.45, 7) is 6.31. The molecule has 1 saturated carbocycles. The molecule has 0 radical (unpaired) electrons. The number of anilines is 1. The Bertz CT molecular complexity index is 968. The molecule has 2 aliphatic rings. The Labute approximate surface area is 183 Å². The minimum absolute atomic E-state index is 0.0228. The number of sulfone groups is 1. The van der Waals surface area contributed by atoms with E-state index in [1.54, 1.807) is 6.07 Å². The lowest BCUT2D eigenvalue weighted by molar-refractivity contribution is 0.212. The van der Waals surface area contributed by atoms with Crippen LogP contribution in [0.15, 0.2) is 27.7 Å². The molecular weight excluding hydrogens is 420 g/mol. The molecule has 2 aromatic heterocycles.